The molecule has 1 unspecified atom stereocenters. The Labute approximate surface area is 180 Å². The first-order valence-corrected chi connectivity index (χ1v) is 9.10. The summed E-state index contributed by atoms with van der Waals surface area (Å²) in [6.07, 6.45) is 0. The summed E-state index contributed by atoms with van der Waals surface area (Å²) in [5.41, 5.74) is 1.17. The van der Waals surface area contributed by atoms with Gasteiger partial charge in [-0.2, -0.15) is 0 Å². The summed E-state index contributed by atoms with van der Waals surface area (Å²) >= 11 is 0. The molecule has 27 heavy (non-hydrogen) atoms. The zero-order valence-electron chi connectivity index (χ0n) is 17.0. The van der Waals surface area contributed by atoms with Crippen molar-refractivity contribution in [2.75, 3.05) is 67.7 Å². The van der Waals surface area contributed by atoms with Gasteiger partial charge >= 0.3 is 0 Å². The summed E-state index contributed by atoms with van der Waals surface area (Å²) in [6, 6.07) is 6.27. The van der Waals surface area contributed by atoms with Gasteiger partial charge in [-0.25, -0.2) is 0 Å². The summed E-state index contributed by atoms with van der Waals surface area (Å²) in [4.78, 5) is 9.27. The maximum Gasteiger partial charge on any atom is 0.193 e. The zero-order chi connectivity index (χ0) is 18.9. The number of guanidine groups is 1. The van der Waals surface area contributed by atoms with Gasteiger partial charge < -0.3 is 24.4 Å². The normalized spacial score (nSPS) is 16.3. The van der Waals surface area contributed by atoms with Gasteiger partial charge in [-0.3, -0.25) is 9.89 Å². The third-order valence-electron chi connectivity index (χ3n) is 4.45. The molecule has 0 bridgehead atoms. The van der Waals surface area contributed by atoms with Crippen LogP contribution in [0.2, 0.25) is 0 Å². The van der Waals surface area contributed by atoms with Crippen LogP contribution in [0.1, 0.15) is 18.5 Å². The van der Waals surface area contributed by atoms with Gasteiger partial charge in [0.15, 0.2) is 17.5 Å². The average molecular weight is 492 g/mol. The molecule has 1 aromatic rings. The van der Waals surface area contributed by atoms with E-state index in [0.717, 1.165) is 50.3 Å². The fourth-order valence-corrected chi connectivity index (χ4v) is 3.07. The lowest BCUT2D eigenvalue weighted by Crippen LogP contribution is -2.41. The molecule has 1 atom stereocenters. The van der Waals surface area contributed by atoms with E-state index < -0.39 is 0 Å². The Balaban J connectivity index is 0.00000364. The summed E-state index contributed by atoms with van der Waals surface area (Å²) in [5, 5.41) is 3.32. The van der Waals surface area contributed by atoms with Crippen molar-refractivity contribution in [1.82, 2.24) is 15.1 Å². The van der Waals surface area contributed by atoms with Gasteiger partial charge in [0.25, 0.3) is 0 Å². The highest BCUT2D eigenvalue weighted by molar-refractivity contribution is 14.0. The first-order valence-electron chi connectivity index (χ1n) is 9.10. The highest BCUT2D eigenvalue weighted by atomic mass is 127. The van der Waals surface area contributed by atoms with Crippen molar-refractivity contribution >= 4 is 29.9 Å². The van der Waals surface area contributed by atoms with Crippen molar-refractivity contribution < 1.29 is 14.2 Å². The van der Waals surface area contributed by atoms with Crippen molar-refractivity contribution in [2.45, 2.75) is 13.0 Å². The van der Waals surface area contributed by atoms with Crippen LogP contribution in [0.5, 0.6) is 11.5 Å². The molecule has 1 N–H and O–H groups in total. The SMILES string of the molecule is CCNC(=NCC(c1ccc(OC)c(OC)c1)N1CCOCC1)N(C)C.I. The molecule has 0 spiro atoms. The van der Waals surface area contributed by atoms with Crippen molar-refractivity contribution in [3.05, 3.63) is 23.8 Å². The van der Waals surface area contributed by atoms with E-state index in [2.05, 4.69) is 29.3 Å². The van der Waals surface area contributed by atoms with E-state index in [9.17, 15) is 0 Å². The van der Waals surface area contributed by atoms with Crippen LogP contribution in [0.25, 0.3) is 0 Å². The van der Waals surface area contributed by atoms with Gasteiger partial charge in [-0.1, -0.05) is 6.07 Å². The minimum atomic E-state index is 0. The van der Waals surface area contributed by atoms with Crippen LogP contribution in [0, 0.1) is 0 Å². The quantitative estimate of drug-likeness (QED) is 0.358. The number of nitrogens with zero attached hydrogens (tertiary/aromatic N) is 3. The topological polar surface area (TPSA) is 58.6 Å². The number of hydrogen-bond acceptors (Lipinski definition) is 5. The van der Waals surface area contributed by atoms with Crippen LogP contribution in [0.15, 0.2) is 23.2 Å². The van der Waals surface area contributed by atoms with E-state index in [1.165, 1.54) is 5.56 Å². The number of methoxy groups -OCH3 is 2. The molecule has 0 aliphatic carbocycles. The fraction of sp³-hybridized carbons (Fsp3) is 0.632. The van der Waals surface area contributed by atoms with Crippen LogP contribution in [-0.4, -0.2) is 83.5 Å². The van der Waals surface area contributed by atoms with Crippen molar-refractivity contribution in [1.29, 1.82) is 0 Å². The molecule has 1 aliphatic heterocycles. The summed E-state index contributed by atoms with van der Waals surface area (Å²) < 4.78 is 16.4. The Kier molecular flexibility index (Phi) is 10.8. The predicted molar refractivity (Wildman–Crippen MR) is 120 cm³/mol. The molecule has 1 fully saturated rings. The smallest absolute Gasteiger partial charge is 0.193 e. The molecule has 0 radical (unpaired) electrons. The van der Waals surface area contributed by atoms with Crippen LogP contribution < -0.4 is 14.8 Å². The third-order valence-corrected chi connectivity index (χ3v) is 4.45. The average Bonchev–Trinajstić information content (AvgIpc) is 2.67. The maximum atomic E-state index is 5.53. The largest absolute Gasteiger partial charge is 0.493 e. The van der Waals surface area contributed by atoms with Crippen LogP contribution in [0.3, 0.4) is 0 Å². The van der Waals surface area contributed by atoms with Crippen LogP contribution >= 0.6 is 24.0 Å². The Bertz CT molecular complexity index is 592. The number of aliphatic imine (C=N–C) groups is 1. The lowest BCUT2D eigenvalue weighted by Gasteiger charge is -2.34. The first kappa shape index (κ1) is 23.8. The van der Waals surface area contributed by atoms with Crippen LogP contribution in [-0.2, 0) is 4.74 Å². The number of morpholine rings is 1. The Morgan fingerprint density at radius 3 is 2.44 bits per heavy atom. The molecule has 1 heterocycles. The van der Waals surface area contributed by atoms with Crippen LogP contribution in [0.4, 0.5) is 0 Å². The molecule has 1 aromatic carbocycles. The lowest BCUT2D eigenvalue weighted by atomic mass is 10.0. The molecule has 154 valence electrons. The Hall–Kier alpha value is -1.26. The molecule has 0 saturated carbocycles. The van der Waals surface area contributed by atoms with Crippen molar-refractivity contribution in [3.63, 3.8) is 0 Å². The zero-order valence-corrected chi connectivity index (χ0v) is 19.4. The summed E-state index contributed by atoms with van der Waals surface area (Å²) in [7, 11) is 7.32. The molecule has 0 amide bonds. The molecule has 1 aliphatic rings. The van der Waals surface area contributed by atoms with E-state index in [1.54, 1.807) is 14.2 Å². The molecule has 7 nitrogen and oxygen atoms in total. The van der Waals surface area contributed by atoms with Gasteiger partial charge in [-0.05, 0) is 24.6 Å². The third kappa shape index (κ3) is 6.69. The summed E-state index contributed by atoms with van der Waals surface area (Å²) in [5.74, 6) is 2.38. The lowest BCUT2D eigenvalue weighted by molar-refractivity contribution is 0.0179. The number of rotatable bonds is 7. The second-order valence-corrected chi connectivity index (χ2v) is 6.37. The molecule has 1 saturated heterocycles. The highest BCUT2D eigenvalue weighted by Gasteiger charge is 2.24. The second-order valence-electron chi connectivity index (χ2n) is 6.37. The maximum absolute atomic E-state index is 5.53. The molecule has 0 aromatic heterocycles. The number of nitrogens with one attached hydrogen (secondary N) is 1. The standard InChI is InChI=1S/C19H32N4O3.HI/c1-6-20-19(22(2)3)21-14-16(23-9-11-26-12-10-23)15-7-8-17(24-4)18(13-15)25-5;/h7-8,13,16H,6,9-12,14H2,1-5H3,(H,20,21);1H. The van der Waals surface area contributed by atoms with E-state index in [4.69, 9.17) is 19.2 Å². The van der Waals surface area contributed by atoms with E-state index >= 15 is 0 Å². The van der Waals surface area contributed by atoms with Gasteiger partial charge in [0.2, 0.25) is 0 Å². The van der Waals surface area contributed by atoms with Crippen molar-refractivity contribution in [3.8, 4) is 11.5 Å². The summed E-state index contributed by atoms with van der Waals surface area (Å²) in [6.45, 7) is 6.88. The van der Waals surface area contributed by atoms with Gasteiger partial charge in [-0.15, -0.1) is 24.0 Å². The first-order chi connectivity index (χ1) is 12.6. The predicted octanol–water partition coefficient (Wildman–Crippen LogP) is 2.22. The molecule has 2 rings (SSSR count). The van der Waals surface area contributed by atoms with E-state index in [0.29, 0.717) is 6.54 Å². The Morgan fingerprint density at radius 2 is 1.89 bits per heavy atom. The van der Waals surface area contributed by atoms with Gasteiger partial charge in [0.1, 0.15) is 0 Å². The minimum Gasteiger partial charge on any atom is -0.493 e. The fourth-order valence-electron chi connectivity index (χ4n) is 3.07. The molecular weight excluding hydrogens is 459 g/mol. The monoisotopic (exact) mass is 492 g/mol. The van der Waals surface area contributed by atoms with Gasteiger partial charge in [0.05, 0.1) is 40.0 Å². The second kappa shape index (κ2) is 12.2. The Morgan fingerprint density at radius 1 is 1.22 bits per heavy atom. The van der Waals surface area contributed by atoms with Gasteiger partial charge in [0, 0.05) is 33.7 Å². The number of ether oxygens (including phenoxy) is 3. The molecule has 8 heteroatoms. The number of halogens is 1. The minimum absolute atomic E-state index is 0. The number of hydrogen-bond donors (Lipinski definition) is 1. The molecular formula is C19H33IN4O3. The van der Waals surface area contributed by atoms with Crippen molar-refractivity contribution in [2.24, 2.45) is 4.99 Å². The van der Waals surface area contributed by atoms with E-state index in [-0.39, 0.29) is 30.0 Å². The highest BCUT2D eigenvalue weighted by Crippen LogP contribution is 2.32. The number of benzene rings is 1. The van der Waals surface area contributed by atoms with E-state index in [1.807, 2.05) is 25.1 Å².